The highest BCUT2D eigenvalue weighted by molar-refractivity contribution is 5.73. The lowest BCUT2D eigenvalue weighted by Crippen LogP contribution is -2.49. The molecule has 1 aliphatic carbocycles. The van der Waals surface area contributed by atoms with E-state index in [2.05, 4.69) is 26.1 Å². The van der Waals surface area contributed by atoms with Crippen LogP contribution in [0.15, 0.2) is 0 Å². The minimum atomic E-state index is 0.0426. The first-order chi connectivity index (χ1) is 7.45. The molecule has 0 heterocycles. The average Bonchev–Trinajstić information content (AvgIpc) is 2.13. The predicted octanol–water partition coefficient (Wildman–Crippen LogP) is 2.72. The van der Waals surface area contributed by atoms with Crippen LogP contribution in [0, 0.1) is 17.8 Å². The Kier molecular flexibility index (Phi) is 4.63. The molecule has 1 unspecified atom stereocenters. The number of hydrogen-bond donors (Lipinski definition) is 1. The third kappa shape index (κ3) is 3.13. The van der Waals surface area contributed by atoms with Crippen molar-refractivity contribution in [2.45, 2.75) is 46.1 Å². The monoisotopic (exact) mass is 226 g/mol. The molecule has 0 aromatic rings. The summed E-state index contributed by atoms with van der Waals surface area (Å²) in [4.78, 5) is 13.0. The van der Waals surface area contributed by atoms with Crippen LogP contribution < -0.4 is 5.32 Å². The number of carbonyl (C=O) groups excluding carboxylic acids is 1. The van der Waals surface area contributed by atoms with Crippen LogP contribution in [0.5, 0.6) is 0 Å². The second-order valence-electron chi connectivity index (χ2n) is 5.59. The molecule has 1 saturated carbocycles. The molecule has 0 radical (unpaired) electrons. The summed E-state index contributed by atoms with van der Waals surface area (Å²) in [6.07, 6.45) is 3.59. The van der Waals surface area contributed by atoms with E-state index in [0.717, 1.165) is 30.6 Å². The molecule has 1 N–H and O–H groups in total. The standard InChI is InChI=1S/C13H26N2O/c1-6-12(9(2)3)10-7-11(8-10)14-13(16)15(4)5/h9-12H,6-8H2,1-5H3,(H,14,16)/t10-,11-,12?. The Balaban J connectivity index is 2.29. The molecule has 1 rings (SSSR count). The molecule has 1 aliphatic rings. The summed E-state index contributed by atoms with van der Waals surface area (Å²) < 4.78 is 0. The number of hydrogen-bond acceptors (Lipinski definition) is 1. The van der Waals surface area contributed by atoms with Crippen molar-refractivity contribution in [2.24, 2.45) is 17.8 Å². The Morgan fingerprint density at radius 1 is 1.38 bits per heavy atom. The van der Waals surface area contributed by atoms with Crippen LogP contribution >= 0.6 is 0 Å². The smallest absolute Gasteiger partial charge is 0.317 e. The number of urea groups is 1. The predicted molar refractivity (Wildman–Crippen MR) is 67.3 cm³/mol. The molecule has 3 nitrogen and oxygen atoms in total. The third-order valence-corrected chi connectivity index (χ3v) is 3.84. The molecule has 0 aromatic carbocycles. The van der Waals surface area contributed by atoms with Crippen LogP contribution in [0.4, 0.5) is 4.79 Å². The minimum Gasteiger partial charge on any atom is -0.335 e. The maximum absolute atomic E-state index is 11.4. The van der Waals surface area contributed by atoms with Crippen LogP contribution in [0.1, 0.15) is 40.0 Å². The molecule has 16 heavy (non-hydrogen) atoms. The van der Waals surface area contributed by atoms with Gasteiger partial charge in [0.1, 0.15) is 0 Å². The summed E-state index contributed by atoms with van der Waals surface area (Å²) in [7, 11) is 3.57. The first kappa shape index (κ1) is 13.3. The average molecular weight is 226 g/mol. The fraction of sp³-hybridized carbons (Fsp3) is 0.923. The second-order valence-corrected chi connectivity index (χ2v) is 5.59. The van der Waals surface area contributed by atoms with E-state index in [0.29, 0.717) is 6.04 Å². The summed E-state index contributed by atoms with van der Waals surface area (Å²) in [5, 5.41) is 3.05. The molecule has 1 atom stereocenters. The van der Waals surface area contributed by atoms with Crippen molar-refractivity contribution in [1.82, 2.24) is 10.2 Å². The highest BCUT2D eigenvalue weighted by Crippen LogP contribution is 2.39. The lowest BCUT2D eigenvalue weighted by Gasteiger charge is -2.42. The maximum atomic E-state index is 11.4. The van der Waals surface area contributed by atoms with E-state index < -0.39 is 0 Å². The maximum Gasteiger partial charge on any atom is 0.317 e. The van der Waals surface area contributed by atoms with E-state index in [4.69, 9.17) is 0 Å². The fourth-order valence-electron chi connectivity index (χ4n) is 2.78. The summed E-state index contributed by atoms with van der Waals surface area (Å²) >= 11 is 0. The molecule has 1 fully saturated rings. The van der Waals surface area contributed by atoms with Gasteiger partial charge in [-0.25, -0.2) is 4.79 Å². The lowest BCUT2D eigenvalue weighted by molar-refractivity contribution is 0.113. The number of rotatable bonds is 4. The van der Waals surface area contributed by atoms with Crippen LogP contribution in [0.2, 0.25) is 0 Å². The summed E-state index contributed by atoms with van der Waals surface area (Å²) in [5.74, 6) is 2.41. The Hall–Kier alpha value is -0.730. The van der Waals surface area contributed by atoms with Crippen molar-refractivity contribution in [2.75, 3.05) is 14.1 Å². The Morgan fingerprint density at radius 3 is 2.31 bits per heavy atom. The van der Waals surface area contributed by atoms with Gasteiger partial charge in [-0.1, -0.05) is 27.2 Å². The number of nitrogens with zero attached hydrogens (tertiary/aromatic N) is 1. The highest BCUT2D eigenvalue weighted by atomic mass is 16.2. The highest BCUT2D eigenvalue weighted by Gasteiger charge is 2.36. The molecule has 2 amide bonds. The van der Waals surface area contributed by atoms with E-state index in [-0.39, 0.29) is 6.03 Å². The molecule has 0 aromatic heterocycles. The Labute approximate surface area is 99.6 Å². The summed E-state index contributed by atoms with van der Waals surface area (Å²) in [5.41, 5.74) is 0. The van der Waals surface area contributed by atoms with E-state index in [1.807, 2.05) is 0 Å². The topological polar surface area (TPSA) is 32.3 Å². The Morgan fingerprint density at radius 2 is 1.94 bits per heavy atom. The number of carbonyl (C=O) groups is 1. The van der Waals surface area contributed by atoms with E-state index in [1.165, 1.54) is 6.42 Å². The molecular formula is C13H26N2O. The van der Waals surface area contributed by atoms with Crippen LogP contribution in [-0.4, -0.2) is 31.1 Å². The van der Waals surface area contributed by atoms with Crippen LogP contribution in [-0.2, 0) is 0 Å². The molecule has 0 bridgehead atoms. The molecule has 0 spiro atoms. The van der Waals surface area contributed by atoms with E-state index in [9.17, 15) is 4.79 Å². The first-order valence-corrected chi connectivity index (χ1v) is 6.43. The van der Waals surface area contributed by atoms with E-state index in [1.54, 1.807) is 19.0 Å². The van der Waals surface area contributed by atoms with Gasteiger partial charge in [0.05, 0.1) is 0 Å². The quantitative estimate of drug-likeness (QED) is 0.785. The number of nitrogens with one attached hydrogen (secondary N) is 1. The van der Waals surface area contributed by atoms with Gasteiger partial charge in [0, 0.05) is 20.1 Å². The van der Waals surface area contributed by atoms with Gasteiger partial charge in [-0.2, -0.15) is 0 Å². The van der Waals surface area contributed by atoms with E-state index >= 15 is 0 Å². The molecule has 0 saturated heterocycles. The number of amides is 2. The van der Waals surface area contributed by atoms with Crippen LogP contribution in [0.25, 0.3) is 0 Å². The molecule has 3 heteroatoms. The van der Waals surface area contributed by atoms with Gasteiger partial charge in [-0.05, 0) is 30.6 Å². The first-order valence-electron chi connectivity index (χ1n) is 6.43. The molecular weight excluding hydrogens is 200 g/mol. The second kappa shape index (κ2) is 5.55. The fourth-order valence-corrected chi connectivity index (χ4v) is 2.78. The zero-order chi connectivity index (χ0) is 12.3. The Bertz CT molecular complexity index is 232. The normalized spacial score (nSPS) is 26.1. The van der Waals surface area contributed by atoms with Crippen molar-refractivity contribution < 1.29 is 4.79 Å². The van der Waals surface area contributed by atoms with Gasteiger partial charge in [0.2, 0.25) is 0 Å². The van der Waals surface area contributed by atoms with Gasteiger partial charge >= 0.3 is 6.03 Å². The zero-order valence-electron chi connectivity index (χ0n) is 11.3. The van der Waals surface area contributed by atoms with Gasteiger partial charge in [0.25, 0.3) is 0 Å². The largest absolute Gasteiger partial charge is 0.335 e. The third-order valence-electron chi connectivity index (χ3n) is 3.84. The van der Waals surface area contributed by atoms with Crippen molar-refractivity contribution in [3.05, 3.63) is 0 Å². The van der Waals surface area contributed by atoms with Gasteiger partial charge in [0.15, 0.2) is 0 Å². The van der Waals surface area contributed by atoms with Crippen molar-refractivity contribution in [1.29, 1.82) is 0 Å². The SMILES string of the molecule is CCC(C(C)C)[C@H]1C[C@H](NC(=O)N(C)C)C1. The van der Waals surface area contributed by atoms with Crippen LogP contribution in [0.3, 0.4) is 0 Å². The van der Waals surface area contributed by atoms with Crippen molar-refractivity contribution in [3.8, 4) is 0 Å². The molecule has 0 aliphatic heterocycles. The van der Waals surface area contributed by atoms with Crippen molar-refractivity contribution >= 4 is 6.03 Å². The van der Waals surface area contributed by atoms with Gasteiger partial charge in [-0.3, -0.25) is 0 Å². The van der Waals surface area contributed by atoms with Crippen molar-refractivity contribution in [3.63, 3.8) is 0 Å². The summed E-state index contributed by atoms with van der Waals surface area (Å²) in [6.45, 7) is 6.89. The lowest BCUT2D eigenvalue weighted by atomic mass is 9.68. The van der Waals surface area contributed by atoms with Gasteiger partial charge in [-0.15, -0.1) is 0 Å². The zero-order valence-corrected chi connectivity index (χ0v) is 11.3. The minimum absolute atomic E-state index is 0.0426. The molecule has 94 valence electrons. The summed E-state index contributed by atoms with van der Waals surface area (Å²) in [6, 6.07) is 0.453. The van der Waals surface area contributed by atoms with Gasteiger partial charge < -0.3 is 10.2 Å².